The smallest absolute Gasteiger partial charge is 0.335 e. The van der Waals surface area contributed by atoms with E-state index in [9.17, 15) is 14.4 Å². The highest BCUT2D eigenvalue weighted by Gasteiger charge is 2.37. The maximum Gasteiger partial charge on any atom is 0.335 e. The number of ether oxygens (including phenoxy) is 1. The van der Waals surface area contributed by atoms with E-state index in [0.717, 1.165) is 4.90 Å². The molecule has 0 unspecified atom stereocenters. The SMILES string of the molecule is COc1c(Cl)cc(/C=C2\C(=O)NC(=O)N(c3cc(Cl)ccc3C)C2=O)cc1Cl. The van der Waals surface area contributed by atoms with Gasteiger partial charge in [0.2, 0.25) is 0 Å². The van der Waals surface area contributed by atoms with Crippen molar-refractivity contribution in [1.82, 2.24) is 5.32 Å². The maximum absolute atomic E-state index is 12.9. The van der Waals surface area contributed by atoms with Crippen LogP contribution in [0.1, 0.15) is 11.1 Å². The average Bonchev–Trinajstić information content (AvgIpc) is 2.61. The second-order valence-electron chi connectivity index (χ2n) is 5.91. The van der Waals surface area contributed by atoms with Crippen molar-refractivity contribution in [3.05, 3.63) is 62.1 Å². The van der Waals surface area contributed by atoms with Crippen molar-refractivity contribution in [3.63, 3.8) is 0 Å². The van der Waals surface area contributed by atoms with Gasteiger partial charge in [0, 0.05) is 5.02 Å². The molecule has 4 amide bonds. The van der Waals surface area contributed by atoms with Crippen LogP contribution in [0, 0.1) is 6.92 Å². The quantitative estimate of drug-likeness (QED) is 0.559. The molecule has 0 aliphatic carbocycles. The lowest BCUT2D eigenvalue weighted by Gasteiger charge is -2.27. The molecule has 0 saturated carbocycles. The fraction of sp³-hybridized carbons (Fsp3) is 0.105. The first kappa shape index (κ1) is 20.2. The normalized spacial score (nSPS) is 15.8. The van der Waals surface area contributed by atoms with E-state index in [0.29, 0.717) is 16.1 Å². The number of halogens is 3. The highest BCUT2D eigenvalue weighted by Crippen LogP contribution is 2.35. The highest BCUT2D eigenvalue weighted by atomic mass is 35.5. The van der Waals surface area contributed by atoms with Gasteiger partial charge in [-0.2, -0.15) is 0 Å². The van der Waals surface area contributed by atoms with Crippen LogP contribution >= 0.6 is 34.8 Å². The number of urea groups is 1. The van der Waals surface area contributed by atoms with E-state index in [1.165, 1.54) is 31.4 Å². The minimum atomic E-state index is -0.858. The number of benzene rings is 2. The Bertz CT molecular complexity index is 1030. The third-order valence-electron chi connectivity index (χ3n) is 4.05. The summed E-state index contributed by atoms with van der Waals surface area (Å²) in [5.74, 6) is -1.34. The Kier molecular flexibility index (Phi) is 5.65. The molecular weight excluding hydrogens is 427 g/mol. The summed E-state index contributed by atoms with van der Waals surface area (Å²) in [7, 11) is 1.42. The van der Waals surface area contributed by atoms with Gasteiger partial charge in [0.15, 0.2) is 5.75 Å². The Hall–Kier alpha value is -2.54. The van der Waals surface area contributed by atoms with Crippen molar-refractivity contribution in [1.29, 1.82) is 0 Å². The van der Waals surface area contributed by atoms with E-state index >= 15 is 0 Å². The van der Waals surface area contributed by atoms with E-state index in [2.05, 4.69) is 5.32 Å². The molecule has 1 fully saturated rings. The first-order valence-electron chi connectivity index (χ1n) is 7.93. The van der Waals surface area contributed by atoms with E-state index < -0.39 is 17.8 Å². The summed E-state index contributed by atoms with van der Waals surface area (Å²) >= 11 is 18.2. The van der Waals surface area contributed by atoms with Gasteiger partial charge >= 0.3 is 6.03 Å². The molecule has 0 radical (unpaired) electrons. The lowest BCUT2D eigenvalue weighted by Crippen LogP contribution is -2.54. The minimum absolute atomic E-state index is 0.212. The van der Waals surface area contributed by atoms with Crippen LogP contribution in [0.15, 0.2) is 35.9 Å². The fourth-order valence-electron chi connectivity index (χ4n) is 2.72. The van der Waals surface area contributed by atoms with Crippen LogP contribution in [0.25, 0.3) is 6.08 Å². The maximum atomic E-state index is 12.9. The molecule has 28 heavy (non-hydrogen) atoms. The Morgan fingerprint density at radius 3 is 2.29 bits per heavy atom. The molecule has 6 nitrogen and oxygen atoms in total. The molecule has 0 spiro atoms. The van der Waals surface area contributed by atoms with Crippen molar-refractivity contribution in [2.75, 3.05) is 12.0 Å². The zero-order valence-corrected chi connectivity index (χ0v) is 16.9. The number of nitrogens with one attached hydrogen (secondary N) is 1. The van der Waals surface area contributed by atoms with Gasteiger partial charge in [-0.25, -0.2) is 9.69 Å². The summed E-state index contributed by atoms with van der Waals surface area (Å²) in [5, 5.41) is 2.92. The number of anilines is 1. The number of nitrogens with zero attached hydrogens (tertiary/aromatic N) is 1. The summed E-state index contributed by atoms with van der Waals surface area (Å²) < 4.78 is 5.08. The number of rotatable bonds is 3. The summed E-state index contributed by atoms with van der Waals surface area (Å²) in [4.78, 5) is 38.4. The lowest BCUT2D eigenvalue weighted by molar-refractivity contribution is -0.122. The first-order chi connectivity index (χ1) is 13.2. The predicted molar refractivity (Wildman–Crippen MR) is 108 cm³/mol. The lowest BCUT2D eigenvalue weighted by atomic mass is 10.1. The van der Waals surface area contributed by atoms with Gasteiger partial charge in [0.1, 0.15) is 5.57 Å². The van der Waals surface area contributed by atoms with Crippen LogP contribution in [0.4, 0.5) is 10.5 Å². The number of methoxy groups -OCH3 is 1. The Morgan fingerprint density at radius 2 is 1.68 bits per heavy atom. The van der Waals surface area contributed by atoms with Gasteiger partial charge in [-0.3, -0.25) is 14.9 Å². The van der Waals surface area contributed by atoms with Crippen molar-refractivity contribution < 1.29 is 19.1 Å². The average molecular weight is 440 g/mol. The summed E-state index contributed by atoms with van der Waals surface area (Å²) in [5.41, 5.74) is 1.05. The van der Waals surface area contributed by atoms with E-state index in [1.54, 1.807) is 19.1 Å². The van der Waals surface area contributed by atoms with Gasteiger partial charge in [-0.15, -0.1) is 0 Å². The molecule has 144 valence electrons. The number of hydrogen-bond donors (Lipinski definition) is 1. The van der Waals surface area contributed by atoms with Crippen molar-refractivity contribution in [2.24, 2.45) is 0 Å². The molecule has 1 saturated heterocycles. The molecule has 1 heterocycles. The second-order valence-corrected chi connectivity index (χ2v) is 7.16. The van der Waals surface area contributed by atoms with E-state index in [4.69, 9.17) is 39.5 Å². The van der Waals surface area contributed by atoms with Crippen LogP contribution in [0.3, 0.4) is 0 Å². The summed E-state index contributed by atoms with van der Waals surface area (Å²) in [6.45, 7) is 1.72. The van der Waals surface area contributed by atoms with Crippen molar-refractivity contribution in [2.45, 2.75) is 6.92 Å². The van der Waals surface area contributed by atoms with Crippen LogP contribution < -0.4 is 15.0 Å². The van der Waals surface area contributed by atoms with E-state index in [1.807, 2.05) is 0 Å². The highest BCUT2D eigenvalue weighted by molar-refractivity contribution is 6.40. The number of barbiturate groups is 1. The predicted octanol–water partition coefficient (Wildman–Crippen LogP) is 4.63. The molecule has 9 heteroatoms. The van der Waals surface area contributed by atoms with Crippen LogP contribution in [-0.2, 0) is 9.59 Å². The van der Waals surface area contributed by atoms with Crippen LogP contribution in [-0.4, -0.2) is 25.0 Å². The third-order valence-corrected chi connectivity index (χ3v) is 4.85. The molecule has 1 aliphatic heterocycles. The summed E-state index contributed by atoms with van der Waals surface area (Å²) in [6.07, 6.45) is 1.30. The van der Waals surface area contributed by atoms with Crippen molar-refractivity contribution in [3.8, 4) is 5.75 Å². The second kappa shape index (κ2) is 7.83. The molecule has 0 aromatic heterocycles. The van der Waals surface area contributed by atoms with Gasteiger partial charge in [0.05, 0.1) is 22.8 Å². The van der Waals surface area contributed by atoms with Gasteiger partial charge in [0.25, 0.3) is 11.8 Å². The molecular formula is C19H13Cl3N2O4. The Labute approximate surface area is 175 Å². The number of carbonyl (C=O) groups is 3. The molecule has 2 aromatic rings. The topological polar surface area (TPSA) is 75.7 Å². The Balaban J connectivity index is 2.08. The third kappa shape index (κ3) is 3.71. The number of carbonyl (C=O) groups excluding carboxylic acids is 3. The van der Waals surface area contributed by atoms with Gasteiger partial charge in [-0.05, 0) is 48.4 Å². The molecule has 0 bridgehead atoms. The van der Waals surface area contributed by atoms with Gasteiger partial charge < -0.3 is 4.74 Å². The number of amides is 4. The largest absolute Gasteiger partial charge is 0.494 e. The monoisotopic (exact) mass is 438 g/mol. The molecule has 2 aromatic carbocycles. The first-order valence-corrected chi connectivity index (χ1v) is 9.07. The molecule has 1 aliphatic rings. The zero-order chi connectivity index (χ0) is 20.6. The zero-order valence-electron chi connectivity index (χ0n) is 14.7. The molecule has 1 N–H and O–H groups in total. The van der Waals surface area contributed by atoms with Crippen molar-refractivity contribution >= 4 is 64.4 Å². The fourth-order valence-corrected chi connectivity index (χ4v) is 3.55. The summed E-state index contributed by atoms with van der Waals surface area (Å²) in [6, 6.07) is 6.90. The number of aryl methyl sites for hydroxylation is 1. The standard InChI is InChI=1S/C19H13Cl3N2O4/c1-9-3-4-11(20)8-15(9)24-18(26)12(17(25)23-19(24)27)5-10-6-13(21)16(28-2)14(22)7-10/h3-8H,1-2H3,(H,23,25,27)/b12-5+. The van der Waals surface area contributed by atoms with Crippen LogP contribution in [0.2, 0.25) is 15.1 Å². The number of imide groups is 2. The number of hydrogen-bond acceptors (Lipinski definition) is 4. The molecule has 3 rings (SSSR count). The Morgan fingerprint density at radius 1 is 1.04 bits per heavy atom. The van der Waals surface area contributed by atoms with E-state index in [-0.39, 0.29) is 27.1 Å². The van der Waals surface area contributed by atoms with Gasteiger partial charge in [-0.1, -0.05) is 40.9 Å². The minimum Gasteiger partial charge on any atom is -0.494 e. The molecule has 0 atom stereocenters. The van der Waals surface area contributed by atoms with Crippen LogP contribution in [0.5, 0.6) is 5.75 Å².